The Labute approximate surface area is 356 Å². The Morgan fingerprint density at radius 3 is 1.52 bits per heavy atom. The zero-order valence-corrected chi connectivity index (χ0v) is 33.4. The molecule has 0 N–H and O–H groups in total. The molecule has 13 aromatic rings. The van der Waals surface area contributed by atoms with E-state index in [9.17, 15) is 0 Å². The van der Waals surface area contributed by atoms with Crippen LogP contribution in [0.3, 0.4) is 0 Å². The molecule has 0 aliphatic heterocycles. The molecule has 0 saturated heterocycles. The van der Waals surface area contributed by atoms with Gasteiger partial charge in [-0.2, -0.15) is 0 Å². The molecule has 0 radical (unpaired) electrons. The van der Waals surface area contributed by atoms with Crippen molar-refractivity contribution in [1.29, 1.82) is 0 Å². The molecule has 13 rings (SSSR count). The summed E-state index contributed by atoms with van der Waals surface area (Å²) >= 11 is 0. The van der Waals surface area contributed by atoms with Crippen molar-refractivity contribution in [3.63, 3.8) is 0 Å². The SMILES string of the molecule is c1ccc(-c2nc(-c3ccc4ncccc4c3)nc(-c3ccccc3-c3cccc(-c4cc5ccc6cccc7c8cccc9ccc%10cccc(c(c4)c5c67)c%10c98)c3)n2)cc1. The molecule has 62 heavy (non-hydrogen) atoms. The second-order valence-electron chi connectivity index (χ2n) is 16.2. The maximum absolute atomic E-state index is 5.18. The second-order valence-corrected chi connectivity index (χ2v) is 16.2. The third-order valence-corrected chi connectivity index (χ3v) is 12.6. The van der Waals surface area contributed by atoms with Gasteiger partial charge in [0.15, 0.2) is 17.5 Å². The van der Waals surface area contributed by atoms with Crippen LogP contribution in [0.1, 0.15) is 0 Å². The van der Waals surface area contributed by atoms with Crippen LogP contribution in [0.2, 0.25) is 0 Å². The Bertz CT molecular complexity index is 3920. The van der Waals surface area contributed by atoms with E-state index < -0.39 is 0 Å². The van der Waals surface area contributed by atoms with Crippen molar-refractivity contribution in [3.05, 3.63) is 206 Å². The Morgan fingerprint density at radius 1 is 0.258 bits per heavy atom. The number of nitrogens with zero attached hydrogens (tertiary/aromatic N) is 4. The molecule has 4 nitrogen and oxygen atoms in total. The summed E-state index contributed by atoms with van der Waals surface area (Å²) in [6.07, 6.45) is 1.82. The van der Waals surface area contributed by atoms with Crippen molar-refractivity contribution in [2.45, 2.75) is 0 Å². The number of benzene rings is 10. The zero-order chi connectivity index (χ0) is 40.7. The lowest BCUT2D eigenvalue weighted by Gasteiger charge is -2.17. The molecule has 0 aliphatic rings. The van der Waals surface area contributed by atoms with Gasteiger partial charge in [0.1, 0.15) is 0 Å². The molecule has 11 aromatic carbocycles. The largest absolute Gasteiger partial charge is 0.256 e. The summed E-state index contributed by atoms with van der Waals surface area (Å²) in [6.45, 7) is 0. The summed E-state index contributed by atoms with van der Waals surface area (Å²) < 4.78 is 0. The molecular weight excluding hydrogens is 753 g/mol. The summed E-state index contributed by atoms with van der Waals surface area (Å²) in [5, 5.41) is 16.3. The van der Waals surface area contributed by atoms with Crippen molar-refractivity contribution in [2.75, 3.05) is 0 Å². The van der Waals surface area contributed by atoms with Gasteiger partial charge in [-0.3, -0.25) is 4.98 Å². The number of pyridine rings is 1. The van der Waals surface area contributed by atoms with Crippen LogP contribution in [0.25, 0.3) is 132 Å². The third kappa shape index (κ3) is 5.40. The van der Waals surface area contributed by atoms with E-state index in [0.29, 0.717) is 17.5 Å². The van der Waals surface area contributed by atoms with Crippen LogP contribution >= 0.6 is 0 Å². The molecule has 0 fully saturated rings. The van der Waals surface area contributed by atoms with Gasteiger partial charge in [0.05, 0.1) is 5.52 Å². The maximum Gasteiger partial charge on any atom is 0.164 e. The lowest BCUT2D eigenvalue weighted by Crippen LogP contribution is -2.01. The van der Waals surface area contributed by atoms with Gasteiger partial charge in [-0.25, -0.2) is 15.0 Å². The summed E-state index contributed by atoms with van der Waals surface area (Å²) in [6, 6.07) is 71.9. The van der Waals surface area contributed by atoms with Crippen molar-refractivity contribution >= 4 is 75.5 Å². The molecular formula is C58H34N4. The van der Waals surface area contributed by atoms with Crippen molar-refractivity contribution in [1.82, 2.24) is 19.9 Å². The van der Waals surface area contributed by atoms with Gasteiger partial charge in [0.2, 0.25) is 0 Å². The fourth-order valence-corrected chi connectivity index (χ4v) is 9.80. The van der Waals surface area contributed by atoms with E-state index in [-0.39, 0.29) is 0 Å². The Balaban J connectivity index is 1.02. The Hall–Kier alpha value is -8.34. The molecule has 0 saturated carbocycles. The number of aromatic nitrogens is 4. The molecule has 2 heterocycles. The van der Waals surface area contributed by atoms with Gasteiger partial charge in [0.25, 0.3) is 0 Å². The van der Waals surface area contributed by atoms with E-state index in [1.807, 2.05) is 54.7 Å². The van der Waals surface area contributed by atoms with Gasteiger partial charge in [0, 0.05) is 28.3 Å². The monoisotopic (exact) mass is 786 g/mol. The fraction of sp³-hybridized carbons (Fsp3) is 0. The number of hydrogen-bond donors (Lipinski definition) is 0. The molecule has 0 aliphatic carbocycles. The lowest BCUT2D eigenvalue weighted by atomic mass is 9.86. The standard InChI is InChI=1S/C58H34N4/c1-2-11-38(12-3-1)56-60-57(43-28-29-51-41(32-43)18-10-30-59-51)62-58(61-56)49-20-5-4-19-45(49)40-17-6-16-39(31-40)44-33-42-27-26-37-14-8-22-47-46-21-7-13-35-24-25-36-15-9-23-48(54(36)52(35)46)50(34-44)55(42)53(37)47/h1-34H. The number of rotatable bonds is 5. The van der Waals surface area contributed by atoms with E-state index >= 15 is 0 Å². The first-order valence-electron chi connectivity index (χ1n) is 21.0. The predicted molar refractivity (Wildman–Crippen MR) is 259 cm³/mol. The first-order chi connectivity index (χ1) is 30.7. The summed E-state index contributed by atoms with van der Waals surface area (Å²) in [5.41, 5.74) is 8.15. The third-order valence-electron chi connectivity index (χ3n) is 12.6. The number of fused-ring (bicyclic) bond motifs is 3. The zero-order valence-electron chi connectivity index (χ0n) is 33.4. The molecule has 2 aromatic heterocycles. The maximum atomic E-state index is 5.18. The molecule has 0 amide bonds. The van der Waals surface area contributed by atoms with Crippen molar-refractivity contribution in [2.24, 2.45) is 0 Å². The normalized spacial score (nSPS) is 11.9. The van der Waals surface area contributed by atoms with E-state index in [2.05, 4.69) is 157 Å². The van der Waals surface area contributed by atoms with Crippen LogP contribution in [0.5, 0.6) is 0 Å². The second kappa shape index (κ2) is 13.6. The van der Waals surface area contributed by atoms with Crippen molar-refractivity contribution in [3.8, 4) is 56.4 Å². The van der Waals surface area contributed by atoms with Crippen LogP contribution < -0.4 is 0 Å². The molecule has 4 heteroatoms. The minimum atomic E-state index is 0.615. The molecule has 0 atom stereocenters. The highest BCUT2D eigenvalue weighted by molar-refractivity contribution is 6.37. The first-order valence-corrected chi connectivity index (χ1v) is 21.0. The highest BCUT2D eigenvalue weighted by atomic mass is 15.0. The minimum Gasteiger partial charge on any atom is -0.256 e. The highest BCUT2D eigenvalue weighted by Gasteiger charge is 2.19. The lowest BCUT2D eigenvalue weighted by molar-refractivity contribution is 1.07. The summed E-state index contributed by atoms with van der Waals surface area (Å²) in [5.74, 6) is 1.86. The minimum absolute atomic E-state index is 0.615. The highest BCUT2D eigenvalue weighted by Crippen LogP contribution is 2.45. The molecule has 0 bridgehead atoms. The van der Waals surface area contributed by atoms with E-state index in [4.69, 9.17) is 15.0 Å². The topological polar surface area (TPSA) is 51.6 Å². The van der Waals surface area contributed by atoms with Crippen LogP contribution in [-0.2, 0) is 0 Å². The molecule has 0 unspecified atom stereocenters. The van der Waals surface area contributed by atoms with Gasteiger partial charge in [-0.05, 0) is 129 Å². The molecule has 286 valence electrons. The van der Waals surface area contributed by atoms with Crippen LogP contribution in [0.4, 0.5) is 0 Å². The predicted octanol–water partition coefficient (Wildman–Crippen LogP) is 15.1. The van der Waals surface area contributed by atoms with Crippen LogP contribution in [0.15, 0.2) is 206 Å². The smallest absolute Gasteiger partial charge is 0.164 e. The van der Waals surface area contributed by atoms with E-state index in [0.717, 1.165) is 44.3 Å². The van der Waals surface area contributed by atoms with Crippen molar-refractivity contribution < 1.29 is 0 Å². The molecule has 0 spiro atoms. The van der Waals surface area contributed by atoms with Gasteiger partial charge < -0.3 is 0 Å². The quantitative estimate of drug-likeness (QED) is 0.163. The average Bonchev–Trinajstić information content (AvgIpc) is 3.35. The number of hydrogen-bond acceptors (Lipinski definition) is 4. The van der Waals surface area contributed by atoms with E-state index in [1.54, 1.807) is 0 Å². The summed E-state index contributed by atoms with van der Waals surface area (Å²) in [4.78, 5) is 19.9. The van der Waals surface area contributed by atoms with E-state index in [1.165, 1.54) is 70.2 Å². The van der Waals surface area contributed by atoms with Gasteiger partial charge in [-0.1, -0.05) is 158 Å². The Kier molecular flexibility index (Phi) is 7.57. The fourth-order valence-electron chi connectivity index (χ4n) is 9.80. The van der Waals surface area contributed by atoms with Gasteiger partial charge >= 0.3 is 0 Å². The van der Waals surface area contributed by atoms with Crippen LogP contribution in [-0.4, -0.2) is 19.9 Å². The van der Waals surface area contributed by atoms with Gasteiger partial charge in [-0.15, -0.1) is 0 Å². The first kappa shape index (κ1) is 34.5. The average molecular weight is 787 g/mol. The van der Waals surface area contributed by atoms with Crippen LogP contribution in [0, 0.1) is 0 Å². The Morgan fingerprint density at radius 2 is 0.790 bits per heavy atom. The summed E-state index contributed by atoms with van der Waals surface area (Å²) in [7, 11) is 0.